The van der Waals surface area contributed by atoms with Gasteiger partial charge in [0.2, 0.25) is 0 Å². The summed E-state index contributed by atoms with van der Waals surface area (Å²) in [5.41, 5.74) is 3.15. The maximum Gasteiger partial charge on any atom is 0.416 e. The first-order valence-corrected chi connectivity index (χ1v) is 15.0. The minimum atomic E-state index is -4.43. The van der Waals surface area contributed by atoms with Crippen molar-refractivity contribution < 1.29 is 27.5 Å². The highest BCUT2D eigenvalue weighted by atomic mass is 19.4. The lowest BCUT2D eigenvalue weighted by molar-refractivity contribution is -0.150. The minimum Gasteiger partial charge on any atom is -0.464 e. The maximum atomic E-state index is 13.3. The van der Waals surface area contributed by atoms with Crippen LogP contribution in [-0.2, 0) is 15.7 Å². The van der Waals surface area contributed by atoms with Crippen LogP contribution >= 0.6 is 0 Å². The number of ether oxygens (including phenoxy) is 1. The molecule has 1 fully saturated rings. The summed E-state index contributed by atoms with van der Waals surface area (Å²) in [4.78, 5) is 30.7. The third kappa shape index (κ3) is 7.54. The van der Waals surface area contributed by atoms with E-state index in [9.17, 15) is 22.8 Å². The predicted octanol–water partition coefficient (Wildman–Crippen LogP) is 7.83. The number of carbonyl (C=O) groups excluding carboxylic acids is 2. The summed E-state index contributed by atoms with van der Waals surface area (Å²) >= 11 is 0. The van der Waals surface area contributed by atoms with Crippen LogP contribution in [0.15, 0.2) is 103 Å². The van der Waals surface area contributed by atoms with Crippen molar-refractivity contribution in [1.29, 1.82) is 0 Å². The first-order valence-electron chi connectivity index (χ1n) is 15.0. The van der Waals surface area contributed by atoms with Crippen molar-refractivity contribution in [2.75, 3.05) is 37.0 Å². The van der Waals surface area contributed by atoms with Crippen molar-refractivity contribution in [2.24, 2.45) is 0 Å². The second-order valence-corrected chi connectivity index (χ2v) is 11.2. The number of likely N-dealkylation sites (N-methyl/N-ethyl adjacent to an activating group) is 1. The van der Waals surface area contributed by atoms with Gasteiger partial charge >= 0.3 is 12.1 Å². The van der Waals surface area contributed by atoms with Crippen LogP contribution in [0.2, 0.25) is 0 Å². The SMILES string of the molecule is CCCOC(=O)C(c1ccccc1)N1CCC(N(C)c2ccc(NC(=O)c3ccccc3-c3ccc(C(F)(F)F)cc3)cc2)C1. The summed E-state index contributed by atoms with van der Waals surface area (Å²) in [5.74, 6) is -0.591. The Bertz CT molecular complexity index is 1590. The molecule has 45 heavy (non-hydrogen) atoms. The Balaban J connectivity index is 1.25. The van der Waals surface area contributed by atoms with Gasteiger partial charge in [0, 0.05) is 43.1 Å². The van der Waals surface area contributed by atoms with E-state index >= 15 is 0 Å². The molecule has 2 unspecified atom stereocenters. The summed E-state index contributed by atoms with van der Waals surface area (Å²) in [6.07, 6.45) is -2.79. The molecule has 5 rings (SSSR count). The normalized spacial score (nSPS) is 15.8. The molecular formula is C36H36F3N3O3. The Labute approximate surface area is 261 Å². The summed E-state index contributed by atoms with van der Waals surface area (Å²) in [6.45, 7) is 3.81. The van der Waals surface area contributed by atoms with Gasteiger partial charge in [-0.15, -0.1) is 0 Å². The third-order valence-electron chi connectivity index (χ3n) is 8.12. The molecule has 0 radical (unpaired) electrons. The smallest absolute Gasteiger partial charge is 0.416 e. The number of nitrogens with one attached hydrogen (secondary N) is 1. The molecule has 0 bridgehead atoms. The second kappa shape index (κ2) is 14.0. The molecule has 6 nitrogen and oxygen atoms in total. The van der Waals surface area contributed by atoms with E-state index < -0.39 is 17.8 Å². The Hall–Kier alpha value is -4.63. The molecule has 1 saturated heterocycles. The third-order valence-corrected chi connectivity index (χ3v) is 8.12. The fourth-order valence-corrected chi connectivity index (χ4v) is 5.69. The molecule has 234 valence electrons. The van der Waals surface area contributed by atoms with Crippen molar-refractivity contribution in [3.8, 4) is 11.1 Å². The van der Waals surface area contributed by atoms with E-state index in [-0.39, 0.29) is 17.9 Å². The van der Waals surface area contributed by atoms with Gasteiger partial charge in [-0.05, 0) is 72.0 Å². The van der Waals surface area contributed by atoms with E-state index in [4.69, 9.17) is 4.74 Å². The van der Waals surface area contributed by atoms with E-state index in [1.165, 1.54) is 12.1 Å². The molecule has 1 N–H and O–H groups in total. The number of likely N-dealkylation sites (tertiary alicyclic amines) is 1. The summed E-state index contributed by atoms with van der Waals surface area (Å²) < 4.78 is 44.7. The number of esters is 1. The number of alkyl halides is 3. The molecule has 1 heterocycles. The highest BCUT2D eigenvalue weighted by Crippen LogP contribution is 2.33. The summed E-state index contributed by atoms with van der Waals surface area (Å²) in [6, 6.07) is 28.6. The molecule has 1 aliphatic rings. The first-order chi connectivity index (χ1) is 21.7. The molecule has 2 atom stereocenters. The monoisotopic (exact) mass is 615 g/mol. The van der Waals surface area contributed by atoms with Gasteiger partial charge in [-0.2, -0.15) is 13.2 Å². The molecule has 0 aliphatic carbocycles. The molecule has 0 aromatic heterocycles. The summed E-state index contributed by atoms with van der Waals surface area (Å²) in [7, 11) is 2.02. The van der Waals surface area contributed by atoms with Crippen LogP contribution in [0.3, 0.4) is 0 Å². The zero-order valence-electron chi connectivity index (χ0n) is 25.3. The number of carbonyl (C=O) groups is 2. The molecule has 0 spiro atoms. The lowest BCUT2D eigenvalue weighted by atomic mass is 9.98. The number of halogens is 3. The van der Waals surface area contributed by atoms with E-state index in [1.807, 2.05) is 68.6 Å². The first kappa shape index (κ1) is 31.8. The fourth-order valence-electron chi connectivity index (χ4n) is 5.69. The number of nitrogens with zero attached hydrogens (tertiary/aromatic N) is 2. The van der Waals surface area contributed by atoms with E-state index in [0.29, 0.717) is 35.5 Å². The van der Waals surface area contributed by atoms with Crippen molar-refractivity contribution >= 4 is 23.3 Å². The van der Waals surface area contributed by atoms with Crippen LogP contribution < -0.4 is 10.2 Å². The Morgan fingerprint density at radius 3 is 2.27 bits per heavy atom. The minimum absolute atomic E-state index is 0.172. The molecular weight excluding hydrogens is 579 g/mol. The van der Waals surface area contributed by atoms with Crippen LogP contribution in [0.5, 0.6) is 0 Å². The average molecular weight is 616 g/mol. The number of hydrogen-bond donors (Lipinski definition) is 1. The zero-order chi connectivity index (χ0) is 32.0. The van der Waals surface area contributed by atoms with Crippen molar-refractivity contribution in [1.82, 2.24) is 4.90 Å². The molecule has 1 amide bonds. The van der Waals surface area contributed by atoms with Gasteiger partial charge in [0.05, 0.1) is 12.2 Å². The van der Waals surface area contributed by atoms with Gasteiger partial charge in [0.25, 0.3) is 5.91 Å². The van der Waals surface area contributed by atoms with Gasteiger partial charge in [-0.1, -0.05) is 67.6 Å². The van der Waals surface area contributed by atoms with Gasteiger partial charge in [0.1, 0.15) is 6.04 Å². The van der Waals surface area contributed by atoms with Crippen LogP contribution in [0.4, 0.5) is 24.5 Å². The molecule has 4 aromatic carbocycles. The number of anilines is 2. The number of rotatable bonds is 10. The predicted molar refractivity (Wildman–Crippen MR) is 170 cm³/mol. The standard InChI is InChI=1S/C36H36F3N3O3/c1-3-23-45-35(44)33(26-9-5-4-6-10-26)42-22-21-30(24-42)41(2)29-19-17-28(18-20-29)40-34(43)32-12-8-7-11-31(32)25-13-15-27(16-14-25)36(37,38)39/h4-20,30,33H,3,21-24H2,1-2H3,(H,40,43). The van der Waals surface area contributed by atoms with E-state index in [0.717, 1.165) is 42.8 Å². The highest BCUT2D eigenvalue weighted by molar-refractivity contribution is 6.08. The highest BCUT2D eigenvalue weighted by Gasteiger charge is 2.36. The zero-order valence-corrected chi connectivity index (χ0v) is 25.3. The Morgan fingerprint density at radius 1 is 0.933 bits per heavy atom. The van der Waals surface area contributed by atoms with Gasteiger partial charge < -0.3 is 15.0 Å². The second-order valence-electron chi connectivity index (χ2n) is 11.2. The topological polar surface area (TPSA) is 61.9 Å². The largest absolute Gasteiger partial charge is 0.464 e. The van der Waals surface area contributed by atoms with E-state index in [1.54, 1.807) is 24.3 Å². The van der Waals surface area contributed by atoms with Crippen molar-refractivity contribution in [3.05, 3.63) is 120 Å². The van der Waals surface area contributed by atoms with Gasteiger partial charge in [0.15, 0.2) is 0 Å². The molecule has 1 aliphatic heterocycles. The quantitative estimate of drug-likeness (QED) is 0.184. The number of hydrogen-bond acceptors (Lipinski definition) is 5. The Morgan fingerprint density at radius 2 is 1.60 bits per heavy atom. The number of benzene rings is 4. The van der Waals surface area contributed by atoms with Crippen LogP contribution in [0.25, 0.3) is 11.1 Å². The Kier molecular flexibility index (Phi) is 9.88. The lowest BCUT2D eigenvalue weighted by Crippen LogP contribution is -2.38. The van der Waals surface area contributed by atoms with Crippen LogP contribution in [0, 0.1) is 0 Å². The lowest BCUT2D eigenvalue weighted by Gasteiger charge is -2.30. The van der Waals surface area contributed by atoms with Crippen molar-refractivity contribution in [3.63, 3.8) is 0 Å². The van der Waals surface area contributed by atoms with Crippen LogP contribution in [-0.4, -0.2) is 49.6 Å². The van der Waals surface area contributed by atoms with Gasteiger partial charge in [-0.25, -0.2) is 4.79 Å². The fraction of sp³-hybridized carbons (Fsp3) is 0.278. The van der Waals surface area contributed by atoms with E-state index in [2.05, 4.69) is 15.1 Å². The molecule has 4 aromatic rings. The number of amides is 1. The summed E-state index contributed by atoms with van der Waals surface area (Å²) in [5, 5.41) is 2.91. The van der Waals surface area contributed by atoms with Crippen LogP contribution in [0.1, 0.15) is 47.3 Å². The molecule has 0 saturated carbocycles. The average Bonchev–Trinajstić information content (AvgIpc) is 3.53. The molecule has 9 heteroatoms. The maximum absolute atomic E-state index is 13.3. The van der Waals surface area contributed by atoms with Crippen molar-refractivity contribution in [2.45, 2.75) is 38.0 Å². The van der Waals surface area contributed by atoms with Gasteiger partial charge in [-0.3, -0.25) is 9.69 Å².